The number of carbonyl (C=O) groups is 2. The zero-order valence-electron chi connectivity index (χ0n) is 11.6. The zero-order valence-corrected chi connectivity index (χ0v) is 11.6. The number of nitrogens with zero attached hydrogens (tertiary/aromatic N) is 3. The second-order valence-electron chi connectivity index (χ2n) is 4.63. The van der Waals surface area contributed by atoms with E-state index in [4.69, 9.17) is 0 Å². The van der Waals surface area contributed by atoms with E-state index in [-0.39, 0.29) is 11.9 Å². The average Bonchev–Trinajstić information content (AvgIpc) is 2.94. The van der Waals surface area contributed by atoms with Crippen LogP contribution >= 0.6 is 0 Å². The fourth-order valence-electron chi connectivity index (χ4n) is 1.71. The molecule has 0 aliphatic carbocycles. The lowest BCUT2D eigenvalue weighted by Gasteiger charge is -2.13. The number of amides is 2. The first-order valence-corrected chi connectivity index (χ1v) is 6.10. The number of anilines is 1. The zero-order chi connectivity index (χ0) is 14.7. The minimum atomic E-state index is -0.319. The maximum absolute atomic E-state index is 12.0. The predicted molar refractivity (Wildman–Crippen MR) is 75.8 cm³/mol. The quantitative estimate of drug-likeness (QED) is 0.909. The Balaban J connectivity index is 2.25. The second kappa shape index (κ2) is 5.56. The molecule has 0 aliphatic heterocycles. The summed E-state index contributed by atoms with van der Waals surface area (Å²) in [4.78, 5) is 29.2. The van der Waals surface area contributed by atoms with Crippen molar-refractivity contribution in [3.05, 3.63) is 48.0 Å². The van der Waals surface area contributed by atoms with E-state index in [1.54, 1.807) is 38.5 Å². The highest BCUT2D eigenvalue weighted by Crippen LogP contribution is 2.18. The summed E-state index contributed by atoms with van der Waals surface area (Å²) in [7, 11) is 3.37. The highest BCUT2D eigenvalue weighted by atomic mass is 16.2. The van der Waals surface area contributed by atoms with Crippen LogP contribution < -0.4 is 5.32 Å². The largest absolute Gasteiger partial charge is 0.345 e. The van der Waals surface area contributed by atoms with Crippen LogP contribution in [0.2, 0.25) is 0 Å². The second-order valence-corrected chi connectivity index (χ2v) is 4.63. The average molecular weight is 272 g/mol. The van der Waals surface area contributed by atoms with E-state index in [9.17, 15) is 9.59 Å². The Bertz CT molecular complexity index is 633. The molecule has 2 amide bonds. The number of aromatic nitrogens is 2. The van der Waals surface area contributed by atoms with Crippen molar-refractivity contribution in [3.8, 4) is 0 Å². The maximum atomic E-state index is 12.0. The minimum absolute atomic E-state index is 0.108. The van der Waals surface area contributed by atoms with Gasteiger partial charge in [-0.3, -0.25) is 9.36 Å². The molecular formula is C14H16N4O2. The Morgan fingerprint density at radius 3 is 2.65 bits per heavy atom. The van der Waals surface area contributed by atoms with E-state index in [0.29, 0.717) is 11.3 Å². The monoisotopic (exact) mass is 272 g/mol. The molecule has 2 aromatic rings. The first-order valence-electron chi connectivity index (χ1n) is 6.10. The lowest BCUT2D eigenvalue weighted by molar-refractivity contribution is 0.0827. The lowest BCUT2D eigenvalue weighted by atomic mass is 10.1. The molecule has 0 radical (unpaired) electrons. The third-order valence-electron chi connectivity index (χ3n) is 2.87. The van der Waals surface area contributed by atoms with Crippen LogP contribution in [0.25, 0.3) is 0 Å². The SMILES string of the molecule is Cc1ccc(C(=O)N(C)C)cc1NC(=O)n1ccnc1. The molecule has 2 rings (SSSR count). The molecule has 0 fully saturated rings. The van der Waals surface area contributed by atoms with Crippen molar-refractivity contribution in [3.63, 3.8) is 0 Å². The van der Waals surface area contributed by atoms with Gasteiger partial charge >= 0.3 is 6.03 Å². The van der Waals surface area contributed by atoms with Gasteiger partial charge in [-0.25, -0.2) is 9.78 Å². The van der Waals surface area contributed by atoms with Crippen LogP contribution in [0, 0.1) is 6.92 Å². The van der Waals surface area contributed by atoms with Crippen LogP contribution in [-0.4, -0.2) is 40.5 Å². The van der Waals surface area contributed by atoms with E-state index in [0.717, 1.165) is 5.56 Å². The first-order chi connectivity index (χ1) is 9.49. The third kappa shape index (κ3) is 2.85. The number of benzene rings is 1. The van der Waals surface area contributed by atoms with Crippen LogP contribution in [0.5, 0.6) is 0 Å². The van der Waals surface area contributed by atoms with Gasteiger partial charge in [0.15, 0.2) is 0 Å². The van der Waals surface area contributed by atoms with E-state index in [1.165, 1.54) is 22.0 Å². The topological polar surface area (TPSA) is 67.2 Å². The van der Waals surface area contributed by atoms with E-state index < -0.39 is 0 Å². The van der Waals surface area contributed by atoms with Gasteiger partial charge in [0.2, 0.25) is 0 Å². The molecule has 20 heavy (non-hydrogen) atoms. The first kappa shape index (κ1) is 13.8. The van der Waals surface area contributed by atoms with Gasteiger partial charge in [0, 0.05) is 37.7 Å². The summed E-state index contributed by atoms with van der Waals surface area (Å²) in [6, 6.07) is 4.90. The summed E-state index contributed by atoms with van der Waals surface area (Å²) in [5.74, 6) is -0.108. The van der Waals surface area contributed by atoms with E-state index in [1.807, 2.05) is 6.92 Å². The number of carbonyl (C=O) groups excluding carboxylic acids is 2. The lowest BCUT2D eigenvalue weighted by Crippen LogP contribution is -2.22. The molecule has 0 aliphatic rings. The molecule has 6 nitrogen and oxygen atoms in total. The molecule has 0 saturated carbocycles. The van der Waals surface area contributed by atoms with Gasteiger partial charge in [-0.1, -0.05) is 6.07 Å². The number of aryl methyl sites for hydroxylation is 1. The summed E-state index contributed by atoms with van der Waals surface area (Å²) in [5, 5.41) is 2.76. The van der Waals surface area contributed by atoms with Crippen LogP contribution in [-0.2, 0) is 0 Å². The Kier molecular flexibility index (Phi) is 3.84. The van der Waals surface area contributed by atoms with Crippen molar-refractivity contribution in [2.75, 3.05) is 19.4 Å². The van der Waals surface area contributed by atoms with E-state index >= 15 is 0 Å². The van der Waals surface area contributed by atoms with E-state index in [2.05, 4.69) is 10.3 Å². The fourth-order valence-corrected chi connectivity index (χ4v) is 1.71. The number of hydrogen-bond donors (Lipinski definition) is 1. The van der Waals surface area contributed by atoms with Crippen molar-refractivity contribution in [1.29, 1.82) is 0 Å². The van der Waals surface area contributed by atoms with Gasteiger partial charge in [0.1, 0.15) is 6.33 Å². The van der Waals surface area contributed by atoms with Crippen LogP contribution in [0.4, 0.5) is 10.5 Å². The molecule has 104 valence electrons. The molecule has 1 N–H and O–H groups in total. The predicted octanol–water partition coefficient (Wildman–Crippen LogP) is 1.97. The summed E-state index contributed by atoms with van der Waals surface area (Å²) >= 11 is 0. The Morgan fingerprint density at radius 1 is 1.30 bits per heavy atom. The summed E-state index contributed by atoms with van der Waals surface area (Å²) in [6.07, 6.45) is 4.50. The van der Waals surface area contributed by atoms with Gasteiger partial charge in [-0.05, 0) is 24.6 Å². The summed E-state index contributed by atoms with van der Waals surface area (Å²) < 4.78 is 1.33. The van der Waals surface area contributed by atoms with Gasteiger partial charge in [-0.15, -0.1) is 0 Å². The standard InChI is InChI=1S/C14H16N4O2/c1-10-4-5-11(13(19)17(2)3)8-12(10)16-14(20)18-7-6-15-9-18/h4-9H,1-3H3,(H,16,20). The molecule has 0 bridgehead atoms. The Labute approximate surface area is 117 Å². The third-order valence-corrected chi connectivity index (χ3v) is 2.87. The van der Waals surface area contributed by atoms with Gasteiger partial charge in [-0.2, -0.15) is 0 Å². The van der Waals surface area contributed by atoms with Gasteiger partial charge < -0.3 is 10.2 Å². The maximum Gasteiger partial charge on any atom is 0.331 e. The molecule has 1 aromatic heterocycles. The summed E-state index contributed by atoms with van der Waals surface area (Å²) in [5.41, 5.74) is 2.02. The van der Waals surface area contributed by atoms with Crippen LogP contribution in [0.15, 0.2) is 36.9 Å². The highest BCUT2D eigenvalue weighted by Gasteiger charge is 2.12. The minimum Gasteiger partial charge on any atom is -0.345 e. The van der Waals surface area contributed by atoms with Crippen molar-refractivity contribution < 1.29 is 9.59 Å². The number of hydrogen-bond acceptors (Lipinski definition) is 3. The van der Waals surface area contributed by atoms with Crippen molar-refractivity contribution in [2.24, 2.45) is 0 Å². The number of nitrogens with one attached hydrogen (secondary N) is 1. The van der Waals surface area contributed by atoms with Crippen molar-refractivity contribution >= 4 is 17.6 Å². The van der Waals surface area contributed by atoms with Crippen LogP contribution in [0.1, 0.15) is 15.9 Å². The summed E-state index contributed by atoms with van der Waals surface area (Å²) in [6.45, 7) is 1.87. The molecule has 0 unspecified atom stereocenters. The highest BCUT2D eigenvalue weighted by molar-refractivity contribution is 5.97. The number of imidazole rings is 1. The molecule has 0 atom stereocenters. The molecule has 0 saturated heterocycles. The van der Waals surface area contributed by atoms with Crippen molar-refractivity contribution in [2.45, 2.75) is 6.92 Å². The molecular weight excluding hydrogens is 256 g/mol. The van der Waals surface area contributed by atoms with Crippen molar-refractivity contribution in [1.82, 2.24) is 14.5 Å². The van der Waals surface area contributed by atoms with Gasteiger partial charge in [0.05, 0.1) is 0 Å². The smallest absolute Gasteiger partial charge is 0.331 e. The molecule has 6 heteroatoms. The van der Waals surface area contributed by atoms with Crippen LogP contribution in [0.3, 0.4) is 0 Å². The number of rotatable bonds is 2. The fraction of sp³-hybridized carbons (Fsp3) is 0.214. The molecule has 0 spiro atoms. The Morgan fingerprint density at radius 2 is 2.05 bits per heavy atom. The molecule has 1 aromatic carbocycles. The normalized spacial score (nSPS) is 10.2. The molecule has 1 heterocycles. The Hall–Kier alpha value is -2.63. The van der Waals surface area contributed by atoms with Gasteiger partial charge in [0.25, 0.3) is 5.91 Å².